The average molecular weight is 160 g/mol. The minimum absolute atomic E-state index is 0.931. The molecule has 1 saturated carbocycles. The zero-order chi connectivity index (χ0) is 8.13. The fourth-order valence-corrected chi connectivity index (χ4v) is 3.39. The third-order valence-electron chi connectivity index (χ3n) is 3.89. The zero-order valence-electron chi connectivity index (χ0n) is 7.66. The minimum Gasteiger partial charge on any atom is -0.0845 e. The van der Waals surface area contributed by atoms with Gasteiger partial charge in [-0.1, -0.05) is 37.1 Å². The molecule has 0 aliphatic heterocycles. The molecule has 1 fully saturated rings. The van der Waals surface area contributed by atoms with Crippen molar-refractivity contribution in [3.8, 4) is 0 Å². The first-order chi connectivity index (χ1) is 5.90. The number of allylic oxidation sites excluding steroid dienone is 4. The molecule has 0 radical (unpaired) electrons. The van der Waals surface area contributed by atoms with Crippen LogP contribution in [0.5, 0.6) is 0 Å². The molecule has 0 aromatic heterocycles. The number of hydrogen-bond acceptors (Lipinski definition) is 0. The second-order valence-corrected chi connectivity index (χ2v) is 4.54. The summed E-state index contributed by atoms with van der Waals surface area (Å²) in [6.07, 6.45) is 11.6. The summed E-state index contributed by atoms with van der Waals surface area (Å²) in [6, 6.07) is 0. The molecule has 64 valence electrons. The normalized spacial score (nSPS) is 47.2. The Kier molecular flexibility index (Phi) is 1.30. The minimum atomic E-state index is 0.931. The van der Waals surface area contributed by atoms with Crippen molar-refractivity contribution in [2.45, 2.75) is 26.2 Å². The molecule has 4 unspecified atom stereocenters. The van der Waals surface area contributed by atoms with Crippen LogP contribution < -0.4 is 0 Å². The predicted octanol–water partition coefficient (Wildman–Crippen LogP) is 3.16. The van der Waals surface area contributed by atoms with Crippen molar-refractivity contribution in [2.75, 3.05) is 0 Å². The fraction of sp³-hybridized carbons (Fsp3) is 0.667. The smallest absolute Gasteiger partial charge is 0.00712 e. The van der Waals surface area contributed by atoms with E-state index in [1.165, 1.54) is 19.3 Å². The van der Waals surface area contributed by atoms with E-state index >= 15 is 0 Å². The molecule has 0 heteroatoms. The Bertz CT molecular complexity index is 259. The Morgan fingerprint density at radius 3 is 2.92 bits per heavy atom. The molecule has 0 amide bonds. The van der Waals surface area contributed by atoms with Gasteiger partial charge in [0.15, 0.2) is 0 Å². The Hall–Kier alpha value is -0.520. The molecule has 3 rings (SSSR count). The third kappa shape index (κ3) is 0.688. The summed E-state index contributed by atoms with van der Waals surface area (Å²) in [5.41, 5.74) is 1.78. The summed E-state index contributed by atoms with van der Waals surface area (Å²) >= 11 is 0. The highest BCUT2D eigenvalue weighted by atomic mass is 14.5. The molecule has 0 aromatic rings. The average Bonchev–Trinajstić information content (AvgIpc) is 2.54. The van der Waals surface area contributed by atoms with Gasteiger partial charge >= 0.3 is 0 Å². The van der Waals surface area contributed by atoms with E-state index < -0.39 is 0 Å². The quantitative estimate of drug-likeness (QED) is 0.544. The lowest BCUT2D eigenvalue weighted by Gasteiger charge is -2.37. The monoisotopic (exact) mass is 160 g/mol. The van der Waals surface area contributed by atoms with Gasteiger partial charge in [-0.3, -0.25) is 0 Å². The van der Waals surface area contributed by atoms with Gasteiger partial charge in [0.1, 0.15) is 0 Å². The molecule has 0 saturated heterocycles. The van der Waals surface area contributed by atoms with Gasteiger partial charge in [-0.05, 0) is 36.5 Å². The lowest BCUT2D eigenvalue weighted by molar-refractivity contribution is 0.357. The lowest BCUT2D eigenvalue weighted by Crippen LogP contribution is -2.28. The van der Waals surface area contributed by atoms with Gasteiger partial charge in [0.25, 0.3) is 0 Å². The molecule has 0 spiro atoms. The van der Waals surface area contributed by atoms with Crippen LogP contribution in [0.4, 0.5) is 0 Å². The van der Waals surface area contributed by atoms with Crippen LogP contribution >= 0.6 is 0 Å². The maximum absolute atomic E-state index is 2.56. The zero-order valence-corrected chi connectivity index (χ0v) is 7.66. The molecule has 2 bridgehead atoms. The van der Waals surface area contributed by atoms with Gasteiger partial charge in [0, 0.05) is 0 Å². The van der Waals surface area contributed by atoms with E-state index in [0.717, 1.165) is 23.7 Å². The summed E-state index contributed by atoms with van der Waals surface area (Å²) in [5.74, 6) is 3.81. The standard InChI is InChI=1S/C12H16/c1-2-3-9-7-11-8-4-5-10(6-8)12(9)11/h4-5,7-8,10-12H,2-3,6H2,1H3. The topological polar surface area (TPSA) is 0 Å². The largest absolute Gasteiger partial charge is 0.0845 e. The van der Waals surface area contributed by atoms with Gasteiger partial charge < -0.3 is 0 Å². The molecule has 0 N–H and O–H groups in total. The Morgan fingerprint density at radius 1 is 1.33 bits per heavy atom. The van der Waals surface area contributed by atoms with Crippen LogP contribution in [0.3, 0.4) is 0 Å². The van der Waals surface area contributed by atoms with E-state index in [0.29, 0.717) is 0 Å². The van der Waals surface area contributed by atoms with Crippen LogP contribution in [0.1, 0.15) is 26.2 Å². The maximum atomic E-state index is 2.56. The Morgan fingerprint density at radius 2 is 2.17 bits per heavy atom. The highest BCUT2D eigenvalue weighted by molar-refractivity contribution is 5.34. The molecule has 0 aromatic carbocycles. The van der Waals surface area contributed by atoms with Crippen LogP contribution in [-0.2, 0) is 0 Å². The highest BCUT2D eigenvalue weighted by Gasteiger charge is 2.49. The van der Waals surface area contributed by atoms with E-state index in [1.807, 2.05) is 0 Å². The summed E-state index contributed by atoms with van der Waals surface area (Å²) in [6.45, 7) is 2.29. The van der Waals surface area contributed by atoms with Gasteiger partial charge in [0.2, 0.25) is 0 Å². The SMILES string of the molecule is CCCC1=CC2C3C=CC(C3)C12. The summed E-state index contributed by atoms with van der Waals surface area (Å²) in [4.78, 5) is 0. The molecular formula is C12H16. The van der Waals surface area contributed by atoms with Crippen LogP contribution in [-0.4, -0.2) is 0 Å². The van der Waals surface area contributed by atoms with Gasteiger partial charge in [-0.15, -0.1) is 0 Å². The molecule has 0 nitrogen and oxygen atoms in total. The fourth-order valence-electron chi connectivity index (χ4n) is 3.39. The molecule has 12 heavy (non-hydrogen) atoms. The van der Waals surface area contributed by atoms with Crippen molar-refractivity contribution >= 4 is 0 Å². The number of fused-ring (bicyclic) bond motifs is 5. The Labute approximate surface area is 74.4 Å². The van der Waals surface area contributed by atoms with Crippen molar-refractivity contribution < 1.29 is 0 Å². The van der Waals surface area contributed by atoms with E-state index in [9.17, 15) is 0 Å². The van der Waals surface area contributed by atoms with Crippen LogP contribution in [0.25, 0.3) is 0 Å². The maximum Gasteiger partial charge on any atom is -0.00712 e. The van der Waals surface area contributed by atoms with E-state index in [4.69, 9.17) is 0 Å². The predicted molar refractivity (Wildman–Crippen MR) is 50.7 cm³/mol. The van der Waals surface area contributed by atoms with Crippen LogP contribution in [0.15, 0.2) is 23.8 Å². The highest BCUT2D eigenvalue weighted by Crippen LogP contribution is 2.57. The van der Waals surface area contributed by atoms with Crippen LogP contribution in [0.2, 0.25) is 0 Å². The third-order valence-corrected chi connectivity index (χ3v) is 3.89. The van der Waals surface area contributed by atoms with E-state index in [2.05, 4.69) is 25.2 Å². The van der Waals surface area contributed by atoms with Gasteiger partial charge in [-0.2, -0.15) is 0 Å². The van der Waals surface area contributed by atoms with Crippen LogP contribution in [0, 0.1) is 23.7 Å². The lowest BCUT2D eigenvalue weighted by atomic mass is 9.68. The summed E-state index contributed by atoms with van der Waals surface area (Å²) < 4.78 is 0. The van der Waals surface area contributed by atoms with Crippen molar-refractivity contribution in [2.24, 2.45) is 23.7 Å². The van der Waals surface area contributed by atoms with Crippen molar-refractivity contribution in [3.05, 3.63) is 23.8 Å². The van der Waals surface area contributed by atoms with Crippen molar-refractivity contribution in [3.63, 3.8) is 0 Å². The first kappa shape index (κ1) is 6.94. The molecule has 4 atom stereocenters. The Balaban J connectivity index is 1.82. The van der Waals surface area contributed by atoms with Gasteiger partial charge in [-0.25, -0.2) is 0 Å². The van der Waals surface area contributed by atoms with E-state index in [1.54, 1.807) is 5.57 Å². The number of hydrogen-bond donors (Lipinski definition) is 0. The summed E-state index contributed by atoms with van der Waals surface area (Å²) in [5, 5.41) is 0. The van der Waals surface area contributed by atoms with E-state index in [-0.39, 0.29) is 0 Å². The number of rotatable bonds is 2. The van der Waals surface area contributed by atoms with Crippen molar-refractivity contribution in [1.29, 1.82) is 0 Å². The molecular weight excluding hydrogens is 144 g/mol. The first-order valence-electron chi connectivity index (χ1n) is 5.29. The summed E-state index contributed by atoms with van der Waals surface area (Å²) in [7, 11) is 0. The molecule has 3 aliphatic rings. The van der Waals surface area contributed by atoms with Crippen molar-refractivity contribution in [1.82, 2.24) is 0 Å². The second kappa shape index (κ2) is 2.25. The molecule has 0 heterocycles. The first-order valence-corrected chi connectivity index (χ1v) is 5.29. The van der Waals surface area contributed by atoms with Gasteiger partial charge in [0.05, 0.1) is 0 Å². The molecule has 3 aliphatic carbocycles. The second-order valence-electron chi connectivity index (χ2n) is 4.54.